The Hall–Kier alpha value is -0.870. The lowest BCUT2D eigenvalue weighted by Gasteiger charge is -2.55. The zero-order valence-corrected chi connectivity index (χ0v) is 14.9. The smallest absolute Gasteiger partial charge is 0.217 e. The second-order valence-electron chi connectivity index (χ2n) is 8.22. The third kappa shape index (κ3) is 3.90. The van der Waals surface area contributed by atoms with Gasteiger partial charge in [-0.2, -0.15) is 5.06 Å². The van der Waals surface area contributed by atoms with Crippen LogP contribution < -0.4 is 5.32 Å². The molecule has 2 aliphatic rings. The third-order valence-electron chi connectivity index (χ3n) is 4.90. The monoisotopic (exact) mass is 308 g/mol. The molecule has 1 heterocycles. The summed E-state index contributed by atoms with van der Waals surface area (Å²) >= 11 is 0. The van der Waals surface area contributed by atoms with Gasteiger partial charge in [0.2, 0.25) is 5.91 Å². The molecule has 1 saturated heterocycles. The van der Waals surface area contributed by atoms with Gasteiger partial charge in [0, 0.05) is 24.0 Å². The molecule has 0 aromatic rings. The highest BCUT2D eigenvalue weighted by Crippen LogP contribution is 2.40. The molecule has 1 amide bonds. The minimum Gasteiger partial charge on any atom is -0.353 e. The van der Waals surface area contributed by atoms with Gasteiger partial charge in [-0.25, -0.2) is 0 Å². The van der Waals surface area contributed by atoms with Crippen molar-refractivity contribution in [2.75, 3.05) is 0 Å². The van der Waals surface area contributed by atoms with E-state index in [-0.39, 0.29) is 29.1 Å². The summed E-state index contributed by atoms with van der Waals surface area (Å²) in [6.45, 7) is 14.6. The van der Waals surface area contributed by atoms with E-state index in [0.29, 0.717) is 0 Å². The third-order valence-corrected chi connectivity index (χ3v) is 4.90. The Morgan fingerprint density at radius 3 is 2.32 bits per heavy atom. The molecule has 1 saturated carbocycles. The van der Waals surface area contributed by atoms with Crippen molar-refractivity contribution in [3.05, 3.63) is 12.2 Å². The van der Waals surface area contributed by atoms with Gasteiger partial charge >= 0.3 is 0 Å². The van der Waals surface area contributed by atoms with Crippen LogP contribution in [-0.2, 0) is 9.63 Å². The minimum atomic E-state index is -0.118. The zero-order chi connectivity index (χ0) is 16.5. The molecule has 4 nitrogen and oxygen atoms in total. The number of carbonyl (C=O) groups excluding carboxylic acids is 1. The van der Waals surface area contributed by atoms with Gasteiger partial charge in [-0.1, -0.05) is 13.0 Å². The average Bonchev–Trinajstić information content (AvgIpc) is 2.33. The summed E-state index contributed by atoms with van der Waals surface area (Å²) in [7, 11) is 0. The van der Waals surface area contributed by atoms with Gasteiger partial charge in [0.05, 0.1) is 0 Å². The maximum absolute atomic E-state index is 11.4. The Kier molecular flexibility index (Phi) is 5.03. The van der Waals surface area contributed by atoms with Crippen LogP contribution in [0.15, 0.2) is 12.2 Å². The maximum Gasteiger partial charge on any atom is 0.217 e. The van der Waals surface area contributed by atoms with E-state index in [2.05, 4.69) is 44.7 Å². The minimum absolute atomic E-state index is 0.0478. The van der Waals surface area contributed by atoms with E-state index in [1.807, 2.05) is 0 Å². The number of carbonyl (C=O) groups is 1. The molecule has 22 heavy (non-hydrogen) atoms. The Morgan fingerprint density at radius 1 is 1.23 bits per heavy atom. The van der Waals surface area contributed by atoms with Crippen LogP contribution in [0.5, 0.6) is 0 Å². The number of rotatable bonds is 3. The van der Waals surface area contributed by atoms with Crippen LogP contribution in [0.4, 0.5) is 0 Å². The molecule has 0 spiro atoms. The van der Waals surface area contributed by atoms with E-state index >= 15 is 0 Å². The molecule has 1 unspecified atom stereocenters. The number of amides is 1. The molecule has 2 fully saturated rings. The van der Waals surface area contributed by atoms with Crippen molar-refractivity contribution in [3.63, 3.8) is 0 Å². The van der Waals surface area contributed by atoms with Crippen LogP contribution >= 0.6 is 0 Å². The Morgan fingerprint density at radius 2 is 1.82 bits per heavy atom. The van der Waals surface area contributed by atoms with Gasteiger partial charge in [-0.05, 0) is 65.4 Å². The van der Waals surface area contributed by atoms with Crippen LogP contribution in [-0.4, -0.2) is 34.2 Å². The van der Waals surface area contributed by atoms with Crippen molar-refractivity contribution < 1.29 is 9.63 Å². The summed E-state index contributed by atoms with van der Waals surface area (Å²) in [5, 5.41) is 5.27. The molecule has 1 aliphatic heterocycles. The lowest BCUT2D eigenvalue weighted by atomic mass is 9.79. The first kappa shape index (κ1) is 17.5. The topological polar surface area (TPSA) is 41.6 Å². The van der Waals surface area contributed by atoms with Gasteiger partial charge in [-0.15, -0.1) is 0 Å². The first-order valence-electron chi connectivity index (χ1n) is 8.54. The second-order valence-corrected chi connectivity index (χ2v) is 8.22. The van der Waals surface area contributed by atoms with Crippen molar-refractivity contribution in [2.24, 2.45) is 0 Å². The van der Waals surface area contributed by atoms with Crippen molar-refractivity contribution in [3.8, 4) is 0 Å². The number of hydrogen-bond acceptors (Lipinski definition) is 3. The van der Waals surface area contributed by atoms with E-state index in [1.165, 1.54) is 18.4 Å². The molecule has 1 aliphatic carbocycles. The van der Waals surface area contributed by atoms with Gasteiger partial charge in [0.25, 0.3) is 0 Å². The first-order valence-corrected chi connectivity index (χ1v) is 8.54. The predicted octanol–water partition coefficient (Wildman–Crippen LogP) is 3.57. The Balaban J connectivity index is 2.12. The molecule has 126 valence electrons. The molecular formula is C18H32N2O2. The maximum atomic E-state index is 11.4. The number of piperidine rings is 1. The summed E-state index contributed by atoms with van der Waals surface area (Å²) < 4.78 is 0. The van der Waals surface area contributed by atoms with Crippen molar-refractivity contribution in [1.82, 2.24) is 10.4 Å². The van der Waals surface area contributed by atoms with E-state index in [1.54, 1.807) is 6.92 Å². The quantitative estimate of drug-likeness (QED) is 0.810. The van der Waals surface area contributed by atoms with Crippen LogP contribution in [0.1, 0.15) is 73.1 Å². The van der Waals surface area contributed by atoms with Crippen LogP contribution in [0.25, 0.3) is 0 Å². The molecular weight excluding hydrogens is 276 g/mol. The van der Waals surface area contributed by atoms with Crippen LogP contribution in [0.2, 0.25) is 0 Å². The number of nitrogens with zero attached hydrogens (tertiary/aromatic N) is 1. The largest absolute Gasteiger partial charge is 0.353 e. The summed E-state index contributed by atoms with van der Waals surface area (Å²) in [5.74, 6) is 0.0478. The second kappa shape index (κ2) is 6.32. The van der Waals surface area contributed by atoms with E-state index < -0.39 is 0 Å². The summed E-state index contributed by atoms with van der Waals surface area (Å²) in [6, 6.07) is 0.205. The lowest BCUT2D eigenvalue weighted by molar-refractivity contribution is -0.302. The molecule has 0 bridgehead atoms. The highest BCUT2D eigenvalue weighted by molar-refractivity contribution is 5.73. The molecule has 1 N–H and O–H groups in total. The molecule has 0 aromatic heterocycles. The molecule has 0 radical (unpaired) electrons. The normalized spacial score (nSPS) is 29.3. The zero-order valence-electron chi connectivity index (χ0n) is 14.9. The highest BCUT2D eigenvalue weighted by atomic mass is 16.7. The van der Waals surface area contributed by atoms with E-state index in [9.17, 15) is 4.79 Å². The van der Waals surface area contributed by atoms with Crippen molar-refractivity contribution in [2.45, 2.75) is 96.4 Å². The van der Waals surface area contributed by atoms with Crippen molar-refractivity contribution >= 4 is 5.91 Å². The lowest BCUT2D eigenvalue weighted by Crippen LogP contribution is -2.64. The first-order chi connectivity index (χ1) is 10.1. The molecule has 0 aromatic carbocycles. The molecule has 2 rings (SSSR count). The van der Waals surface area contributed by atoms with E-state index in [4.69, 9.17) is 4.84 Å². The Labute approximate surface area is 135 Å². The highest BCUT2D eigenvalue weighted by Gasteiger charge is 2.47. The number of hydrogen-bond donors (Lipinski definition) is 1. The average molecular weight is 308 g/mol. The van der Waals surface area contributed by atoms with Gasteiger partial charge in [-0.3, -0.25) is 9.63 Å². The van der Waals surface area contributed by atoms with Crippen molar-refractivity contribution in [1.29, 1.82) is 0 Å². The molecule has 4 heteroatoms. The fraction of sp³-hybridized carbons (Fsp3) is 0.833. The number of hydroxylamine groups is 2. The fourth-order valence-electron chi connectivity index (χ4n) is 4.24. The summed E-state index contributed by atoms with van der Waals surface area (Å²) in [5.41, 5.74) is 0.987. The standard InChI is InChI=1S/C18H32N2O2/c1-13-9-7-8-10-16(13)22-20-17(3,4)11-15(19-14(2)21)12-18(20,5)6/h15-16H,1,7-12H2,2-6H3,(H,19,21). The van der Waals surface area contributed by atoms with Gasteiger partial charge in [0.15, 0.2) is 0 Å². The van der Waals surface area contributed by atoms with E-state index in [0.717, 1.165) is 25.7 Å². The van der Waals surface area contributed by atoms with Crippen LogP contribution in [0.3, 0.4) is 0 Å². The summed E-state index contributed by atoms with van der Waals surface area (Å²) in [4.78, 5) is 17.9. The Bertz CT molecular complexity index is 424. The SMILES string of the molecule is C=C1CCCCC1ON1C(C)(C)CC(NC(C)=O)CC1(C)C. The van der Waals surface area contributed by atoms with Gasteiger partial charge in [0.1, 0.15) is 6.10 Å². The predicted molar refractivity (Wildman–Crippen MR) is 89.3 cm³/mol. The van der Waals surface area contributed by atoms with Gasteiger partial charge < -0.3 is 5.32 Å². The number of nitrogens with one attached hydrogen (secondary N) is 1. The molecule has 1 atom stereocenters. The van der Waals surface area contributed by atoms with Crippen LogP contribution in [0, 0.1) is 0 Å². The fourth-order valence-corrected chi connectivity index (χ4v) is 4.24. The summed E-state index contributed by atoms with van der Waals surface area (Å²) in [6.07, 6.45) is 6.53.